The van der Waals surface area contributed by atoms with Gasteiger partial charge in [-0.25, -0.2) is 0 Å². The number of aromatic nitrogens is 1. The molecule has 1 unspecified atom stereocenters. The second-order valence-electron chi connectivity index (χ2n) is 3.40. The van der Waals surface area contributed by atoms with Crippen molar-refractivity contribution in [2.45, 2.75) is 31.6 Å². The third kappa shape index (κ3) is 3.63. The Labute approximate surface area is 98.4 Å². The zero-order chi connectivity index (χ0) is 11.3. The van der Waals surface area contributed by atoms with Crippen molar-refractivity contribution < 1.29 is 4.79 Å². The monoisotopic (exact) mass is 270 g/mol. The number of pyridine rings is 1. The number of hydrogen-bond acceptors (Lipinski definition) is 2. The minimum atomic E-state index is -0.102. The molecule has 3 nitrogen and oxygen atoms in total. The molecule has 1 aromatic rings. The van der Waals surface area contributed by atoms with Crippen LogP contribution in [0.3, 0.4) is 0 Å². The summed E-state index contributed by atoms with van der Waals surface area (Å²) in [6.07, 6.45) is 4.32. The van der Waals surface area contributed by atoms with Crippen LogP contribution in [0.1, 0.15) is 24.5 Å². The molecule has 1 amide bonds. The van der Waals surface area contributed by atoms with Gasteiger partial charge in [-0.2, -0.15) is 0 Å². The Bertz CT molecular complexity index is 341. The number of aryl methyl sites for hydroxylation is 1. The van der Waals surface area contributed by atoms with Crippen LogP contribution >= 0.6 is 15.9 Å². The molecule has 0 aliphatic carbocycles. The summed E-state index contributed by atoms with van der Waals surface area (Å²) < 4.78 is 0. The van der Waals surface area contributed by atoms with Gasteiger partial charge in [0.05, 0.1) is 4.83 Å². The fraction of sp³-hybridized carbons (Fsp3) is 0.455. The molecule has 1 rings (SSSR count). The van der Waals surface area contributed by atoms with Gasteiger partial charge in [0.1, 0.15) is 0 Å². The summed E-state index contributed by atoms with van der Waals surface area (Å²) in [5.74, 6) is 0.0285. The lowest BCUT2D eigenvalue weighted by molar-refractivity contribution is -0.120. The normalized spacial score (nSPS) is 12.2. The summed E-state index contributed by atoms with van der Waals surface area (Å²) in [5, 5.41) is 2.86. The number of nitrogens with one attached hydrogen (secondary N) is 1. The highest BCUT2D eigenvalue weighted by Gasteiger charge is 2.11. The molecule has 82 valence electrons. The Morgan fingerprint density at radius 1 is 1.67 bits per heavy atom. The van der Waals surface area contributed by atoms with Crippen LogP contribution in [0.5, 0.6) is 0 Å². The van der Waals surface area contributed by atoms with Crippen LogP contribution in [0.25, 0.3) is 0 Å². The van der Waals surface area contributed by atoms with E-state index in [1.54, 1.807) is 12.4 Å². The van der Waals surface area contributed by atoms with Gasteiger partial charge in [-0.05, 0) is 30.5 Å². The third-order valence-electron chi connectivity index (χ3n) is 2.24. The number of alkyl halides is 1. The predicted molar refractivity (Wildman–Crippen MR) is 63.8 cm³/mol. The van der Waals surface area contributed by atoms with Crippen molar-refractivity contribution in [3.63, 3.8) is 0 Å². The van der Waals surface area contributed by atoms with E-state index in [1.807, 2.05) is 19.9 Å². The van der Waals surface area contributed by atoms with Crippen LogP contribution < -0.4 is 5.32 Å². The van der Waals surface area contributed by atoms with Crippen molar-refractivity contribution in [3.05, 3.63) is 29.6 Å². The van der Waals surface area contributed by atoms with Gasteiger partial charge in [0.15, 0.2) is 0 Å². The standard InChI is InChI=1S/C11H15BrN2O/c1-3-10(12)11(15)14-7-9-6-13-5-4-8(9)2/h4-6,10H,3,7H2,1-2H3,(H,14,15). The van der Waals surface area contributed by atoms with E-state index in [-0.39, 0.29) is 10.7 Å². The van der Waals surface area contributed by atoms with Gasteiger partial charge < -0.3 is 5.32 Å². The lowest BCUT2D eigenvalue weighted by Gasteiger charge is -2.09. The maximum Gasteiger partial charge on any atom is 0.234 e. The summed E-state index contributed by atoms with van der Waals surface area (Å²) in [4.78, 5) is 15.4. The Morgan fingerprint density at radius 2 is 2.40 bits per heavy atom. The SMILES string of the molecule is CCC(Br)C(=O)NCc1cnccc1C. The summed E-state index contributed by atoms with van der Waals surface area (Å²) in [6, 6.07) is 1.94. The predicted octanol–water partition coefficient (Wildman–Crippen LogP) is 2.18. The molecule has 0 bridgehead atoms. The minimum absolute atomic E-state index is 0.0285. The van der Waals surface area contributed by atoms with Crippen molar-refractivity contribution in [2.24, 2.45) is 0 Å². The molecule has 0 aliphatic rings. The maximum atomic E-state index is 11.5. The average Bonchev–Trinajstić information content (AvgIpc) is 2.26. The highest BCUT2D eigenvalue weighted by Crippen LogP contribution is 2.07. The minimum Gasteiger partial charge on any atom is -0.351 e. The molecular weight excluding hydrogens is 256 g/mol. The zero-order valence-electron chi connectivity index (χ0n) is 8.96. The molecule has 0 aliphatic heterocycles. The van der Waals surface area contributed by atoms with Crippen LogP contribution in [0.4, 0.5) is 0 Å². The van der Waals surface area contributed by atoms with Gasteiger partial charge in [-0.1, -0.05) is 22.9 Å². The molecule has 1 atom stereocenters. The first-order valence-electron chi connectivity index (χ1n) is 4.96. The summed E-state index contributed by atoms with van der Waals surface area (Å²) in [7, 11) is 0. The van der Waals surface area contributed by atoms with Gasteiger partial charge in [0.25, 0.3) is 0 Å². The molecule has 1 heterocycles. The summed E-state index contributed by atoms with van der Waals surface area (Å²) in [6.45, 7) is 4.52. The largest absolute Gasteiger partial charge is 0.351 e. The average molecular weight is 271 g/mol. The molecule has 0 aromatic carbocycles. The van der Waals surface area contributed by atoms with E-state index in [4.69, 9.17) is 0 Å². The molecule has 0 fully saturated rings. The van der Waals surface area contributed by atoms with Gasteiger partial charge >= 0.3 is 0 Å². The molecule has 1 N–H and O–H groups in total. The number of amides is 1. The van der Waals surface area contributed by atoms with Gasteiger partial charge in [0.2, 0.25) is 5.91 Å². The van der Waals surface area contributed by atoms with Crippen LogP contribution in [0.2, 0.25) is 0 Å². The van der Waals surface area contributed by atoms with E-state index in [1.165, 1.54) is 0 Å². The lowest BCUT2D eigenvalue weighted by Crippen LogP contribution is -2.30. The molecule has 0 radical (unpaired) electrons. The molecule has 0 saturated heterocycles. The quantitative estimate of drug-likeness (QED) is 0.853. The van der Waals surface area contributed by atoms with Crippen molar-refractivity contribution >= 4 is 21.8 Å². The van der Waals surface area contributed by atoms with E-state index >= 15 is 0 Å². The third-order valence-corrected chi connectivity index (χ3v) is 3.31. The first-order chi connectivity index (χ1) is 7.15. The van der Waals surface area contributed by atoms with E-state index in [2.05, 4.69) is 26.2 Å². The van der Waals surface area contributed by atoms with Gasteiger partial charge in [0, 0.05) is 18.9 Å². The van der Waals surface area contributed by atoms with Crippen molar-refractivity contribution in [3.8, 4) is 0 Å². The summed E-state index contributed by atoms with van der Waals surface area (Å²) >= 11 is 3.31. The molecule has 4 heteroatoms. The maximum absolute atomic E-state index is 11.5. The van der Waals surface area contributed by atoms with Gasteiger partial charge in [-0.3, -0.25) is 9.78 Å². The number of carbonyl (C=O) groups is 1. The van der Waals surface area contributed by atoms with Crippen LogP contribution in [0.15, 0.2) is 18.5 Å². The van der Waals surface area contributed by atoms with E-state index in [0.717, 1.165) is 17.5 Å². The fourth-order valence-corrected chi connectivity index (χ4v) is 1.32. The lowest BCUT2D eigenvalue weighted by atomic mass is 10.1. The Morgan fingerprint density at radius 3 is 3.00 bits per heavy atom. The van der Waals surface area contributed by atoms with Gasteiger partial charge in [-0.15, -0.1) is 0 Å². The summed E-state index contributed by atoms with van der Waals surface area (Å²) in [5.41, 5.74) is 2.20. The number of nitrogens with zero attached hydrogens (tertiary/aromatic N) is 1. The van der Waals surface area contributed by atoms with Crippen molar-refractivity contribution in [1.29, 1.82) is 0 Å². The van der Waals surface area contributed by atoms with Crippen molar-refractivity contribution in [1.82, 2.24) is 10.3 Å². The highest BCUT2D eigenvalue weighted by molar-refractivity contribution is 9.10. The molecule has 1 aromatic heterocycles. The smallest absolute Gasteiger partial charge is 0.234 e. The molecule has 15 heavy (non-hydrogen) atoms. The van der Waals surface area contributed by atoms with Crippen LogP contribution in [-0.2, 0) is 11.3 Å². The number of hydrogen-bond donors (Lipinski definition) is 1. The molecule has 0 saturated carbocycles. The molecule has 0 spiro atoms. The van der Waals surface area contributed by atoms with E-state index < -0.39 is 0 Å². The van der Waals surface area contributed by atoms with E-state index in [9.17, 15) is 4.79 Å². The van der Waals surface area contributed by atoms with Crippen LogP contribution in [-0.4, -0.2) is 15.7 Å². The number of carbonyl (C=O) groups excluding carboxylic acids is 1. The molecular formula is C11H15BrN2O. The zero-order valence-corrected chi connectivity index (χ0v) is 10.5. The number of rotatable bonds is 4. The van der Waals surface area contributed by atoms with E-state index in [0.29, 0.717) is 6.54 Å². The Balaban J connectivity index is 2.51. The Hall–Kier alpha value is -0.900. The second-order valence-corrected chi connectivity index (χ2v) is 4.50. The number of halogens is 1. The Kier molecular flexibility index (Phi) is 4.75. The van der Waals surface area contributed by atoms with Crippen LogP contribution in [0, 0.1) is 6.92 Å². The first kappa shape index (κ1) is 12.2. The fourth-order valence-electron chi connectivity index (χ4n) is 1.16. The first-order valence-corrected chi connectivity index (χ1v) is 5.88. The topological polar surface area (TPSA) is 42.0 Å². The second kappa shape index (κ2) is 5.85. The van der Waals surface area contributed by atoms with Crippen molar-refractivity contribution in [2.75, 3.05) is 0 Å². The highest BCUT2D eigenvalue weighted by atomic mass is 79.9.